The molecule has 2 aromatic rings. The molecule has 122 valence electrons. The summed E-state index contributed by atoms with van der Waals surface area (Å²) in [5.41, 5.74) is 1.47. The van der Waals surface area contributed by atoms with E-state index in [9.17, 15) is 9.59 Å². The van der Waals surface area contributed by atoms with Crippen molar-refractivity contribution in [1.29, 1.82) is 0 Å². The second kappa shape index (κ2) is 8.39. The maximum atomic E-state index is 12.2. The van der Waals surface area contributed by atoms with E-state index in [-0.39, 0.29) is 24.1 Å². The number of ketones is 1. The van der Waals surface area contributed by atoms with Gasteiger partial charge in [-0.05, 0) is 30.7 Å². The van der Waals surface area contributed by atoms with E-state index in [4.69, 9.17) is 16.3 Å². The van der Waals surface area contributed by atoms with E-state index in [1.165, 1.54) is 30.2 Å². The van der Waals surface area contributed by atoms with Crippen LogP contribution in [0.3, 0.4) is 0 Å². The highest BCUT2D eigenvalue weighted by Gasteiger charge is 2.12. The Bertz CT molecular complexity index is 721. The monoisotopic (exact) mass is 371 g/mol. The standard InChI is InChI=1S/C14H14ClN3O3S2/c1-8-5-9(3-4-10(8)15)11(19)7-22-14-18-17-13(23-14)16-12(20)6-21-2/h3-5H,6-7H2,1-2H3,(H,16,17,20). The smallest absolute Gasteiger partial charge is 0.252 e. The fourth-order valence-electron chi connectivity index (χ4n) is 1.63. The van der Waals surface area contributed by atoms with Crippen molar-refractivity contribution in [2.75, 3.05) is 24.8 Å². The Labute approximate surface area is 146 Å². The number of aryl methyl sites for hydroxylation is 1. The van der Waals surface area contributed by atoms with Crippen LogP contribution in [-0.2, 0) is 9.53 Å². The number of methoxy groups -OCH3 is 1. The lowest BCUT2D eigenvalue weighted by molar-refractivity contribution is -0.119. The van der Waals surface area contributed by atoms with Crippen molar-refractivity contribution in [3.63, 3.8) is 0 Å². The van der Waals surface area contributed by atoms with Crippen molar-refractivity contribution in [1.82, 2.24) is 10.2 Å². The molecule has 1 N–H and O–H groups in total. The van der Waals surface area contributed by atoms with Gasteiger partial charge in [0, 0.05) is 17.7 Å². The molecule has 0 unspecified atom stereocenters. The maximum absolute atomic E-state index is 12.2. The highest BCUT2D eigenvalue weighted by molar-refractivity contribution is 8.01. The van der Waals surface area contributed by atoms with Gasteiger partial charge in [0.05, 0.1) is 5.75 Å². The molecule has 1 amide bonds. The number of anilines is 1. The van der Waals surface area contributed by atoms with Crippen molar-refractivity contribution >= 4 is 51.5 Å². The molecule has 0 saturated heterocycles. The first-order valence-electron chi connectivity index (χ1n) is 6.54. The van der Waals surface area contributed by atoms with Crippen LogP contribution in [0.1, 0.15) is 15.9 Å². The molecule has 0 bridgehead atoms. The van der Waals surface area contributed by atoms with Crippen LogP contribution >= 0.6 is 34.7 Å². The number of hydrogen-bond donors (Lipinski definition) is 1. The van der Waals surface area contributed by atoms with Gasteiger partial charge < -0.3 is 4.74 Å². The van der Waals surface area contributed by atoms with E-state index >= 15 is 0 Å². The number of ether oxygens (including phenoxy) is 1. The van der Waals surface area contributed by atoms with Crippen LogP contribution in [0.15, 0.2) is 22.5 Å². The molecule has 9 heteroatoms. The maximum Gasteiger partial charge on any atom is 0.252 e. The summed E-state index contributed by atoms with van der Waals surface area (Å²) in [4.78, 5) is 23.5. The summed E-state index contributed by atoms with van der Waals surface area (Å²) in [6.07, 6.45) is 0. The zero-order valence-electron chi connectivity index (χ0n) is 12.5. The molecule has 1 aromatic heterocycles. The average Bonchev–Trinajstić information content (AvgIpc) is 2.95. The predicted octanol–water partition coefficient (Wildman–Crippen LogP) is 3.06. The highest BCUT2D eigenvalue weighted by atomic mass is 35.5. The number of amides is 1. The number of Topliss-reactive ketones (excluding diaryl/α,β-unsaturated/α-hetero) is 1. The number of thioether (sulfide) groups is 1. The summed E-state index contributed by atoms with van der Waals surface area (Å²) in [6, 6.07) is 5.18. The summed E-state index contributed by atoms with van der Waals surface area (Å²) in [5.74, 6) is -0.0790. The fraction of sp³-hybridized carbons (Fsp3) is 0.286. The summed E-state index contributed by atoms with van der Waals surface area (Å²) in [5, 5.41) is 11.4. The van der Waals surface area contributed by atoms with Gasteiger partial charge in [-0.1, -0.05) is 34.7 Å². The zero-order valence-corrected chi connectivity index (χ0v) is 14.8. The van der Waals surface area contributed by atoms with Crippen LogP contribution in [0.25, 0.3) is 0 Å². The first-order chi connectivity index (χ1) is 11.0. The summed E-state index contributed by atoms with van der Waals surface area (Å²) >= 11 is 8.43. The number of aromatic nitrogens is 2. The van der Waals surface area contributed by atoms with E-state index in [2.05, 4.69) is 15.5 Å². The van der Waals surface area contributed by atoms with E-state index in [0.717, 1.165) is 5.56 Å². The van der Waals surface area contributed by atoms with E-state index < -0.39 is 0 Å². The largest absolute Gasteiger partial charge is 0.375 e. The molecule has 1 aromatic carbocycles. The second-order valence-electron chi connectivity index (χ2n) is 4.53. The Balaban J connectivity index is 1.90. The minimum absolute atomic E-state index is 0.0186. The lowest BCUT2D eigenvalue weighted by atomic mass is 10.1. The van der Waals surface area contributed by atoms with E-state index in [0.29, 0.717) is 20.1 Å². The number of rotatable bonds is 7. The van der Waals surface area contributed by atoms with Crippen molar-refractivity contribution in [3.8, 4) is 0 Å². The van der Waals surface area contributed by atoms with Gasteiger partial charge in [-0.15, -0.1) is 10.2 Å². The molecule has 0 radical (unpaired) electrons. The minimum Gasteiger partial charge on any atom is -0.375 e. The van der Waals surface area contributed by atoms with Crippen LogP contribution in [-0.4, -0.2) is 41.4 Å². The summed E-state index contributed by atoms with van der Waals surface area (Å²) < 4.78 is 5.32. The van der Waals surface area contributed by atoms with Gasteiger partial charge in [0.2, 0.25) is 5.13 Å². The third kappa shape index (κ3) is 5.28. The van der Waals surface area contributed by atoms with Crippen LogP contribution in [0, 0.1) is 6.92 Å². The molecular formula is C14H14ClN3O3S2. The van der Waals surface area contributed by atoms with Gasteiger partial charge in [-0.2, -0.15) is 0 Å². The number of halogens is 1. The third-order valence-corrected chi connectivity index (χ3v) is 5.13. The van der Waals surface area contributed by atoms with Gasteiger partial charge in [-0.3, -0.25) is 14.9 Å². The predicted molar refractivity (Wildman–Crippen MR) is 91.7 cm³/mol. The molecule has 0 aliphatic carbocycles. The van der Waals surface area contributed by atoms with Crippen molar-refractivity contribution in [2.45, 2.75) is 11.3 Å². The van der Waals surface area contributed by atoms with Crippen LogP contribution in [0.2, 0.25) is 5.02 Å². The lowest BCUT2D eigenvalue weighted by Crippen LogP contribution is -2.16. The van der Waals surface area contributed by atoms with E-state index in [1.54, 1.807) is 18.2 Å². The normalized spacial score (nSPS) is 10.6. The Hall–Kier alpha value is -1.48. The number of benzene rings is 1. The highest BCUT2D eigenvalue weighted by Crippen LogP contribution is 2.26. The van der Waals surface area contributed by atoms with Gasteiger partial charge in [0.25, 0.3) is 5.91 Å². The molecule has 0 aliphatic heterocycles. The van der Waals surface area contributed by atoms with Gasteiger partial charge >= 0.3 is 0 Å². The third-order valence-electron chi connectivity index (χ3n) is 2.73. The summed E-state index contributed by atoms with van der Waals surface area (Å²) in [6.45, 7) is 1.81. The molecule has 0 aliphatic rings. The van der Waals surface area contributed by atoms with Crippen molar-refractivity contribution in [2.24, 2.45) is 0 Å². The SMILES string of the molecule is COCC(=O)Nc1nnc(SCC(=O)c2ccc(Cl)c(C)c2)s1. The second-order valence-corrected chi connectivity index (χ2v) is 7.14. The quantitative estimate of drug-likeness (QED) is 0.457. The Kier molecular flexibility index (Phi) is 6.52. The van der Waals surface area contributed by atoms with Gasteiger partial charge in [-0.25, -0.2) is 0 Å². The number of nitrogens with zero attached hydrogens (tertiary/aromatic N) is 2. The van der Waals surface area contributed by atoms with Crippen molar-refractivity contribution in [3.05, 3.63) is 34.3 Å². The Morgan fingerprint density at radius 2 is 2.17 bits per heavy atom. The molecule has 0 atom stereocenters. The number of nitrogens with one attached hydrogen (secondary N) is 1. The van der Waals surface area contributed by atoms with Crippen LogP contribution in [0.5, 0.6) is 0 Å². The topological polar surface area (TPSA) is 81.2 Å². The molecule has 23 heavy (non-hydrogen) atoms. The first kappa shape index (κ1) is 17.9. The molecule has 0 spiro atoms. The Morgan fingerprint density at radius 1 is 1.39 bits per heavy atom. The molecule has 0 saturated carbocycles. The minimum atomic E-state index is -0.298. The zero-order chi connectivity index (χ0) is 16.8. The Morgan fingerprint density at radius 3 is 2.87 bits per heavy atom. The van der Waals surface area contributed by atoms with Crippen LogP contribution < -0.4 is 5.32 Å². The van der Waals surface area contributed by atoms with Gasteiger partial charge in [0.15, 0.2) is 10.1 Å². The average molecular weight is 372 g/mol. The first-order valence-corrected chi connectivity index (χ1v) is 8.72. The molecular weight excluding hydrogens is 358 g/mol. The number of hydrogen-bond acceptors (Lipinski definition) is 7. The molecule has 1 heterocycles. The van der Waals surface area contributed by atoms with Gasteiger partial charge in [0.1, 0.15) is 6.61 Å². The summed E-state index contributed by atoms with van der Waals surface area (Å²) in [7, 11) is 1.44. The fourth-order valence-corrected chi connectivity index (χ4v) is 3.41. The molecule has 2 rings (SSSR count). The number of carbonyl (C=O) groups excluding carboxylic acids is 2. The number of carbonyl (C=O) groups is 2. The van der Waals surface area contributed by atoms with Crippen LogP contribution in [0.4, 0.5) is 5.13 Å². The molecule has 6 nitrogen and oxygen atoms in total. The lowest BCUT2D eigenvalue weighted by Gasteiger charge is -2.02. The molecule has 0 fully saturated rings. The van der Waals surface area contributed by atoms with Crippen molar-refractivity contribution < 1.29 is 14.3 Å². The van der Waals surface area contributed by atoms with E-state index in [1.807, 2.05) is 6.92 Å².